The molecule has 1 fully saturated rings. The van der Waals surface area contributed by atoms with E-state index in [2.05, 4.69) is 16.8 Å². The molecular weight excluding hydrogens is 360 g/mol. The summed E-state index contributed by atoms with van der Waals surface area (Å²) in [7, 11) is 1.37. The summed E-state index contributed by atoms with van der Waals surface area (Å²) in [5, 5.41) is 5.23. The number of benzene rings is 1. The topological polar surface area (TPSA) is 59.8 Å². The van der Waals surface area contributed by atoms with Crippen LogP contribution >= 0.6 is 11.3 Å². The molecule has 2 aromatic rings. The van der Waals surface area contributed by atoms with Crippen LogP contribution in [0.3, 0.4) is 0 Å². The summed E-state index contributed by atoms with van der Waals surface area (Å²) in [6.07, 6.45) is 3.66. The van der Waals surface area contributed by atoms with Crippen molar-refractivity contribution >= 4 is 23.2 Å². The summed E-state index contributed by atoms with van der Waals surface area (Å²) in [6, 6.07) is 9.92. The molecule has 1 aromatic heterocycles. The summed E-state index contributed by atoms with van der Waals surface area (Å²) < 4.78 is 4.70. The number of amides is 1. The van der Waals surface area contributed by atoms with Crippen LogP contribution in [-0.4, -0.2) is 32.1 Å². The van der Waals surface area contributed by atoms with Gasteiger partial charge in [0.25, 0.3) is 5.91 Å². The Bertz CT molecular complexity index is 826. The van der Waals surface area contributed by atoms with Gasteiger partial charge in [-0.25, -0.2) is 4.79 Å². The third-order valence-corrected chi connectivity index (χ3v) is 6.57. The molecule has 1 aliphatic heterocycles. The van der Waals surface area contributed by atoms with Crippen molar-refractivity contribution in [2.45, 2.75) is 31.8 Å². The van der Waals surface area contributed by atoms with Crippen LogP contribution in [0.15, 0.2) is 35.7 Å². The average molecular weight is 386 g/mol. The summed E-state index contributed by atoms with van der Waals surface area (Å²) >= 11 is 1.86. The number of hydrogen-bond acceptors (Lipinski definition) is 4. The summed E-state index contributed by atoms with van der Waals surface area (Å²) in [5.41, 5.74) is 2.97. The van der Waals surface area contributed by atoms with Gasteiger partial charge in [0.05, 0.1) is 19.2 Å². The highest BCUT2D eigenvalue weighted by molar-refractivity contribution is 7.10. The third kappa shape index (κ3) is 4.06. The number of ether oxygens (including phenoxy) is 1. The maximum Gasteiger partial charge on any atom is 0.337 e. The molecule has 1 unspecified atom stereocenters. The first kappa shape index (κ1) is 18.2. The van der Waals surface area contributed by atoms with E-state index >= 15 is 0 Å². The van der Waals surface area contributed by atoms with Crippen LogP contribution in [0, 0.1) is 5.92 Å². The lowest BCUT2D eigenvalue weighted by Gasteiger charge is -2.32. The van der Waals surface area contributed by atoms with Gasteiger partial charge in [0, 0.05) is 29.3 Å². The number of fused-ring (bicyclic) bond motifs is 1. The van der Waals surface area contributed by atoms with Crippen LogP contribution < -0.4 is 10.2 Å². The minimum atomic E-state index is -0.349. The maximum absolute atomic E-state index is 12.5. The molecule has 2 aliphatic rings. The Kier molecular flexibility index (Phi) is 5.27. The minimum absolute atomic E-state index is 0.0892. The Morgan fingerprint density at radius 2 is 2.00 bits per heavy atom. The Morgan fingerprint density at radius 3 is 2.70 bits per heavy atom. The summed E-state index contributed by atoms with van der Waals surface area (Å²) in [4.78, 5) is 26.9. The highest BCUT2D eigenvalue weighted by atomic mass is 32.1. The Labute approximate surface area is 163 Å². The van der Waals surface area contributed by atoms with E-state index in [9.17, 15) is 9.59 Å². The number of esters is 1. The number of quaternary nitrogens is 1. The van der Waals surface area contributed by atoms with Crippen molar-refractivity contribution in [3.05, 3.63) is 57.3 Å². The fourth-order valence-electron chi connectivity index (χ4n) is 4.04. The molecule has 2 atom stereocenters. The van der Waals surface area contributed by atoms with Crippen molar-refractivity contribution in [2.24, 2.45) is 5.92 Å². The smallest absolute Gasteiger partial charge is 0.337 e. The lowest BCUT2D eigenvalue weighted by molar-refractivity contribution is -0.928. The molecule has 5 nitrogen and oxygen atoms in total. The standard InChI is InChI=1S/C21H24N2O3S/c1-26-21(25)16-4-2-14(3-5-16)12-22-19(24)13-23-10-8-18-17(9-11-27-18)20(23)15-6-7-15/h2-5,9,11,15,20H,6-8,10,12-13H2,1H3,(H,22,24)/p+1/t20-/m1/s1. The van der Waals surface area contributed by atoms with Crippen LogP contribution in [0.5, 0.6) is 0 Å². The first-order valence-electron chi connectivity index (χ1n) is 9.50. The first-order valence-corrected chi connectivity index (χ1v) is 10.4. The van der Waals surface area contributed by atoms with Crippen LogP contribution in [0.25, 0.3) is 0 Å². The van der Waals surface area contributed by atoms with E-state index in [0.29, 0.717) is 24.7 Å². The fourth-order valence-corrected chi connectivity index (χ4v) is 4.97. The quantitative estimate of drug-likeness (QED) is 0.745. The van der Waals surface area contributed by atoms with Crippen molar-refractivity contribution in [1.29, 1.82) is 0 Å². The SMILES string of the molecule is COC(=O)c1ccc(CNC(=O)C[NH+]2CCc3sccc3[C@H]2C2CC2)cc1. The van der Waals surface area contributed by atoms with E-state index in [4.69, 9.17) is 4.74 Å². The number of nitrogens with one attached hydrogen (secondary N) is 2. The molecular formula is C21H25N2O3S+. The highest BCUT2D eigenvalue weighted by Crippen LogP contribution is 2.42. The van der Waals surface area contributed by atoms with Gasteiger partial charge in [0.15, 0.2) is 6.54 Å². The Morgan fingerprint density at radius 1 is 1.22 bits per heavy atom. The van der Waals surface area contributed by atoms with Gasteiger partial charge in [0.2, 0.25) is 0 Å². The average Bonchev–Trinajstić information content (AvgIpc) is 3.42. The second-order valence-corrected chi connectivity index (χ2v) is 8.42. The molecule has 1 amide bonds. The molecule has 142 valence electrons. The number of carbonyl (C=O) groups excluding carboxylic acids is 2. The molecule has 1 saturated carbocycles. The van der Waals surface area contributed by atoms with Crippen molar-refractivity contribution in [3.8, 4) is 0 Å². The van der Waals surface area contributed by atoms with Crippen molar-refractivity contribution in [3.63, 3.8) is 0 Å². The fraction of sp³-hybridized carbons (Fsp3) is 0.429. The van der Waals surface area contributed by atoms with Crippen LogP contribution in [0.4, 0.5) is 0 Å². The van der Waals surface area contributed by atoms with Crippen LogP contribution in [-0.2, 0) is 22.5 Å². The molecule has 2 N–H and O–H groups in total. The zero-order chi connectivity index (χ0) is 18.8. The van der Waals surface area contributed by atoms with E-state index in [1.54, 1.807) is 12.1 Å². The number of carbonyl (C=O) groups is 2. The number of rotatable bonds is 6. The molecule has 0 radical (unpaired) electrons. The molecule has 6 heteroatoms. The zero-order valence-corrected chi connectivity index (χ0v) is 16.3. The minimum Gasteiger partial charge on any atom is -0.465 e. The second-order valence-electron chi connectivity index (χ2n) is 7.41. The number of methoxy groups -OCH3 is 1. The van der Waals surface area contributed by atoms with Gasteiger partial charge in [-0.2, -0.15) is 0 Å². The van der Waals surface area contributed by atoms with E-state index in [0.717, 1.165) is 24.4 Å². The Hall–Kier alpha value is -2.18. The van der Waals surface area contributed by atoms with Crippen LogP contribution in [0.2, 0.25) is 0 Å². The molecule has 0 saturated heterocycles. The second kappa shape index (κ2) is 7.82. The number of thiophene rings is 1. The first-order chi connectivity index (χ1) is 13.2. The lowest BCUT2D eigenvalue weighted by atomic mass is 9.96. The van der Waals surface area contributed by atoms with Crippen molar-refractivity contribution < 1.29 is 19.2 Å². The van der Waals surface area contributed by atoms with Gasteiger partial charge in [-0.3, -0.25) is 4.79 Å². The van der Waals surface area contributed by atoms with Gasteiger partial charge >= 0.3 is 5.97 Å². The van der Waals surface area contributed by atoms with Gasteiger partial charge in [0.1, 0.15) is 6.04 Å². The molecule has 27 heavy (non-hydrogen) atoms. The van der Waals surface area contributed by atoms with E-state index in [1.165, 1.54) is 35.3 Å². The summed E-state index contributed by atoms with van der Waals surface area (Å²) in [5.74, 6) is 0.483. The van der Waals surface area contributed by atoms with Crippen molar-refractivity contribution in [1.82, 2.24) is 5.32 Å². The molecule has 2 heterocycles. The zero-order valence-electron chi connectivity index (χ0n) is 15.5. The van der Waals surface area contributed by atoms with E-state index < -0.39 is 0 Å². The van der Waals surface area contributed by atoms with E-state index in [1.807, 2.05) is 23.5 Å². The summed E-state index contributed by atoms with van der Waals surface area (Å²) in [6.45, 7) is 2.04. The monoisotopic (exact) mass is 385 g/mol. The molecule has 4 rings (SSSR count). The van der Waals surface area contributed by atoms with Crippen LogP contribution in [0.1, 0.15) is 45.2 Å². The molecule has 0 spiro atoms. The molecule has 1 aromatic carbocycles. The van der Waals surface area contributed by atoms with Gasteiger partial charge in [-0.05, 0) is 42.0 Å². The van der Waals surface area contributed by atoms with Gasteiger partial charge in [-0.15, -0.1) is 11.3 Å². The lowest BCUT2D eigenvalue weighted by Crippen LogP contribution is -3.14. The maximum atomic E-state index is 12.5. The number of hydrogen-bond donors (Lipinski definition) is 2. The highest BCUT2D eigenvalue weighted by Gasteiger charge is 2.43. The predicted octanol–water partition coefficient (Wildman–Crippen LogP) is 1.74. The largest absolute Gasteiger partial charge is 0.465 e. The Balaban J connectivity index is 1.33. The van der Waals surface area contributed by atoms with Crippen molar-refractivity contribution in [2.75, 3.05) is 20.2 Å². The normalized spacial score (nSPS) is 21.4. The van der Waals surface area contributed by atoms with Gasteiger partial charge < -0.3 is 15.0 Å². The predicted molar refractivity (Wildman–Crippen MR) is 104 cm³/mol. The third-order valence-electron chi connectivity index (χ3n) is 5.57. The van der Waals surface area contributed by atoms with Gasteiger partial charge in [-0.1, -0.05) is 12.1 Å². The molecule has 1 aliphatic carbocycles. The van der Waals surface area contributed by atoms with E-state index in [-0.39, 0.29) is 11.9 Å². The molecule has 0 bridgehead atoms.